The molecule has 1 aromatic heterocycles. The Kier molecular flexibility index (Phi) is 6.61. The number of thioether (sulfide) groups is 1. The van der Waals surface area contributed by atoms with Crippen LogP contribution >= 0.6 is 11.8 Å². The quantitative estimate of drug-likeness (QED) is 0.209. The Labute approximate surface area is 184 Å². The van der Waals surface area contributed by atoms with Crippen molar-refractivity contribution in [1.82, 2.24) is 15.2 Å². The molecule has 31 heavy (non-hydrogen) atoms. The van der Waals surface area contributed by atoms with Gasteiger partial charge in [-0.1, -0.05) is 68.3 Å². The molecule has 0 unspecified atom stereocenters. The van der Waals surface area contributed by atoms with Crippen LogP contribution in [0.25, 0.3) is 11.3 Å². The van der Waals surface area contributed by atoms with E-state index in [9.17, 15) is 10.1 Å². The number of aromatic nitrogens is 3. The Bertz CT molecular complexity index is 1080. The summed E-state index contributed by atoms with van der Waals surface area (Å²) in [6.45, 7) is 2.19. The zero-order chi connectivity index (χ0) is 21.6. The molecule has 0 spiro atoms. The molecule has 160 valence electrons. The summed E-state index contributed by atoms with van der Waals surface area (Å²) < 4.78 is 6.19. The van der Waals surface area contributed by atoms with Crippen molar-refractivity contribution in [1.29, 1.82) is 0 Å². The van der Waals surface area contributed by atoms with Gasteiger partial charge in [-0.05, 0) is 12.5 Å². The zero-order valence-corrected chi connectivity index (χ0v) is 18.0. The number of ether oxygens (including phenoxy) is 1. The molecule has 0 aliphatic carbocycles. The molecule has 0 saturated heterocycles. The van der Waals surface area contributed by atoms with Crippen molar-refractivity contribution >= 4 is 23.1 Å². The fourth-order valence-corrected chi connectivity index (χ4v) is 4.13. The predicted molar refractivity (Wildman–Crippen MR) is 120 cm³/mol. The number of para-hydroxylation sites is 1. The summed E-state index contributed by atoms with van der Waals surface area (Å²) in [5, 5.41) is 23.8. The molecule has 2 aromatic carbocycles. The molecule has 1 N–H and O–H groups in total. The largest absolute Gasteiger partial charge is 0.448 e. The number of fused-ring (bicyclic) bond motifs is 3. The molecular weight excluding hydrogens is 414 g/mol. The fraction of sp³-hybridized carbons (Fsp3) is 0.318. The molecule has 0 radical (unpaired) electrons. The molecule has 8 nitrogen and oxygen atoms in total. The molecule has 1 aliphatic heterocycles. The minimum absolute atomic E-state index is 0.00444. The highest BCUT2D eigenvalue weighted by molar-refractivity contribution is 7.99. The van der Waals surface area contributed by atoms with E-state index in [1.54, 1.807) is 23.9 Å². The molecule has 0 bridgehead atoms. The third-order valence-corrected chi connectivity index (χ3v) is 5.87. The van der Waals surface area contributed by atoms with Crippen LogP contribution in [-0.4, -0.2) is 25.9 Å². The number of benzene rings is 2. The third kappa shape index (κ3) is 4.93. The number of hydrogen-bond acceptors (Lipinski definition) is 8. The van der Waals surface area contributed by atoms with Crippen molar-refractivity contribution in [3.63, 3.8) is 0 Å². The van der Waals surface area contributed by atoms with Gasteiger partial charge in [0.25, 0.3) is 5.69 Å². The van der Waals surface area contributed by atoms with E-state index in [1.165, 1.54) is 31.4 Å². The van der Waals surface area contributed by atoms with Gasteiger partial charge in [-0.25, -0.2) is 0 Å². The number of nitro groups is 1. The minimum atomic E-state index is -0.651. The Balaban J connectivity index is 1.65. The van der Waals surface area contributed by atoms with Crippen LogP contribution in [0.5, 0.6) is 5.88 Å². The SMILES string of the molecule is CCCCCCSc1nnc2c(n1)O[C@@H](c1cccc([N+](=O)[O-])c1)Nc1ccccc1-2. The summed E-state index contributed by atoms with van der Waals surface area (Å²) >= 11 is 1.56. The van der Waals surface area contributed by atoms with Crippen LogP contribution in [0.3, 0.4) is 0 Å². The summed E-state index contributed by atoms with van der Waals surface area (Å²) in [6.07, 6.45) is 4.05. The van der Waals surface area contributed by atoms with Crippen LogP contribution in [0.2, 0.25) is 0 Å². The van der Waals surface area contributed by atoms with Gasteiger partial charge >= 0.3 is 0 Å². The number of non-ortho nitro benzene ring substituents is 1. The minimum Gasteiger partial charge on any atom is -0.448 e. The topological polar surface area (TPSA) is 103 Å². The zero-order valence-electron chi connectivity index (χ0n) is 17.2. The monoisotopic (exact) mass is 437 g/mol. The van der Waals surface area contributed by atoms with Crippen LogP contribution in [0.15, 0.2) is 53.7 Å². The molecule has 9 heteroatoms. The first-order valence-electron chi connectivity index (χ1n) is 10.3. The van der Waals surface area contributed by atoms with Crippen LogP contribution in [-0.2, 0) is 0 Å². The van der Waals surface area contributed by atoms with E-state index in [1.807, 2.05) is 24.3 Å². The van der Waals surface area contributed by atoms with Crippen molar-refractivity contribution in [2.24, 2.45) is 0 Å². The van der Waals surface area contributed by atoms with Gasteiger partial charge in [0.1, 0.15) is 0 Å². The first kappa shape index (κ1) is 21.0. The second kappa shape index (κ2) is 9.74. The van der Waals surface area contributed by atoms with E-state index >= 15 is 0 Å². The van der Waals surface area contributed by atoms with Gasteiger partial charge in [0.05, 0.1) is 4.92 Å². The van der Waals surface area contributed by atoms with Crippen LogP contribution in [0.4, 0.5) is 11.4 Å². The summed E-state index contributed by atoms with van der Waals surface area (Å²) in [7, 11) is 0. The predicted octanol–water partition coefficient (Wildman–Crippen LogP) is 5.62. The average molecular weight is 438 g/mol. The fourth-order valence-electron chi connectivity index (χ4n) is 3.35. The van der Waals surface area contributed by atoms with Gasteiger partial charge in [-0.15, -0.1) is 10.2 Å². The Morgan fingerprint density at radius 1 is 1.13 bits per heavy atom. The highest BCUT2D eigenvalue weighted by atomic mass is 32.2. The van der Waals surface area contributed by atoms with Gasteiger partial charge in [-0.2, -0.15) is 4.98 Å². The lowest BCUT2D eigenvalue weighted by Gasteiger charge is -2.19. The third-order valence-electron chi connectivity index (χ3n) is 4.95. The number of nitrogens with one attached hydrogen (secondary N) is 1. The van der Waals surface area contributed by atoms with Crippen LogP contribution in [0.1, 0.15) is 44.4 Å². The number of hydrogen-bond donors (Lipinski definition) is 1. The molecule has 3 aromatic rings. The maximum absolute atomic E-state index is 11.2. The number of nitrogens with zero attached hydrogens (tertiary/aromatic N) is 4. The molecule has 0 saturated carbocycles. The van der Waals surface area contributed by atoms with Gasteiger partial charge in [0.2, 0.25) is 11.0 Å². The lowest BCUT2D eigenvalue weighted by molar-refractivity contribution is -0.385. The average Bonchev–Trinajstić information content (AvgIpc) is 2.95. The number of anilines is 1. The Morgan fingerprint density at radius 3 is 2.84 bits per heavy atom. The standard InChI is InChI=1S/C22H23N5O3S/c1-2-3-4-7-13-31-22-24-21-19(25-26-22)17-11-5-6-12-18(17)23-20(30-21)15-9-8-10-16(14-15)27(28)29/h5-6,8-12,14,20,23H,2-4,7,13H2,1H3/t20-/m0/s1. The van der Waals surface area contributed by atoms with Crippen molar-refractivity contribution < 1.29 is 9.66 Å². The van der Waals surface area contributed by atoms with Gasteiger partial charge in [-0.3, -0.25) is 10.1 Å². The smallest absolute Gasteiger partial charge is 0.269 e. The molecule has 2 heterocycles. The molecule has 0 fully saturated rings. The molecule has 0 amide bonds. The molecule has 4 rings (SSSR count). The molecule has 1 atom stereocenters. The maximum Gasteiger partial charge on any atom is 0.269 e. The molecule has 1 aliphatic rings. The van der Waals surface area contributed by atoms with Crippen LogP contribution in [0, 0.1) is 10.1 Å². The van der Waals surface area contributed by atoms with E-state index in [0.29, 0.717) is 22.3 Å². The highest BCUT2D eigenvalue weighted by Crippen LogP contribution is 2.39. The van der Waals surface area contributed by atoms with Crippen LogP contribution < -0.4 is 10.1 Å². The first-order chi connectivity index (χ1) is 15.2. The summed E-state index contributed by atoms with van der Waals surface area (Å²) in [5.41, 5.74) is 2.80. The van der Waals surface area contributed by atoms with E-state index < -0.39 is 11.2 Å². The second-order valence-corrected chi connectivity index (χ2v) is 8.26. The lowest BCUT2D eigenvalue weighted by Crippen LogP contribution is -2.17. The Morgan fingerprint density at radius 2 is 2.00 bits per heavy atom. The summed E-state index contributed by atoms with van der Waals surface area (Å²) in [6, 6.07) is 14.0. The maximum atomic E-state index is 11.2. The summed E-state index contributed by atoms with van der Waals surface area (Å²) in [4.78, 5) is 15.4. The van der Waals surface area contributed by atoms with Crippen molar-refractivity contribution in [2.45, 2.75) is 44.0 Å². The van der Waals surface area contributed by atoms with Crippen molar-refractivity contribution in [2.75, 3.05) is 11.1 Å². The van der Waals surface area contributed by atoms with Gasteiger partial charge in [0, 0.05) is 34.7 Å². The Hall–Kier alpha value is -3.20. The lowest BCUT2D eigenvalue weighted by atomic mass is 10.1. The van der Waals surface area contributed by atoms with Gasteiger partial charge < -0.3 is 10.1 Å². The van der Waals surface area contributed by atoms with Crippen molar-refractivity contribution in [3.05, 3.63) is 64.2 Å². The molecular formula is C22H23N5O3S. The number of unbranched alkanes of at least 4 members (excludes halogenated alkanes) is 3. The van der Waals surface area contributed by atoms with Gasteiger partial charge in [0.15, 0.2) is 11.9 Å². The highest BCUT2D eigenvalue weighted by Gasteiger charge is 2.26. The van der Waals surface area contributed by atoms with E-state index in [4.69, 9.17) is 4.74 Å². The van der Waals surface area contributed by atoms with E-state index in [0.717, 1.165) is 23.4 Å². The number of rotatable bonds is 8. The van der Waals surface area contributed by atoms with E-state index in [2.05, 4.69) is 27.4 Å². The van der Waals surface area contributed by atoms with Crippen molar-refractivity contribution in [3.8, 4) is 17.1 Å². The number of nitro benzene ring substituents is 1. The van der Waals surface area contributed by atoms with E-state index in [-0.39, 0.29) is 5.69 Å². The first-order valence-corrected chi connectivity index (χ1v) is 11.3. The summed E-state index contributed by atoms with van der Waals surface area (Å²) in [5.74, 6) is 1.28. The second-order valence-electron chi connectivity index (χ2n) is 7.20. The normalized spacial score (nSPS) is 14.5.